The summed E-state index contributed by atoms with van der Waals surface area (Å²) in [6.07, 6.45) is -1.94. The number of ether oxygens (including phenoxy) is 1. The van der Waals surface area contributed by atoms with Crippen molar-refractivity contribution in [2.75, 3.05) is 13.5 Å². The van der Waals surface area contributed by atoms with E-state index in [1.165, 1.54) is 0 Å². The van der Waals surface area contributed by atoms with Crippen molar-refractivity contribution in [2.45, 2.75) is 19.4 Å². The molecule has 0 saturated carbocycles. The van der Waals surface area contributed by atoms with Gasteiger partial charge in [-0.1, -0.05) is 48.4 Å². The summed E-state index contributed by atoms with van der Waals surface area (Å²) in [5.74, 6) is 0.328. The van der Waals surface area contributed by atoms with Crippen molar-refractivity contribution in [3.8, 4) is 5.75 Å². The zero-order valence-electron chi connectivity index (χ0n) is 20.5. The lowest BCUT2D eigenvalue weighted by molar-refractivity contribution is 0.193. The summed E-state index contributed by atoms with van der Waals surface area (Å²) in [6, 6.07) is 3.98. The molecule has 1 unspecified atom stereocenters. The van der Waals surface area contributed by atoms with Gasteiger partial charge in [-0.2, -0.15) is 0 Å². The molecule has 0 heterocycles. The van der Waals surface area contributed by atoms with Crippen LogP contribution in [0.4, 0.5) is 0 Å². The SMILES string of the molecule is [2H]c1c([2H])c([2H])c(C(CC([2H])([2H])NC([2H])([2H])[2H])Oc2ccccc2C)c([2H])c1[2H]. The molecule has 0 aliphatic rings. The lowest BCUT2D eigenvalue weighted by Crippen LogP contribution is -2.16. The average molecular weight is 265 g/mol. The Balaban J connectivity index is 2.58. The lowest BCUT2D eigenvalue weighted by atomic mass is 10.1. The van der Waals surface area contributed by atoms with Crippen LogP contribution in [0.1, 0.15) is 37.4 Å². The van der Waals surface area contributed by atoms with Crippen molar-refractivity contribution in [1.82, 2.24) is 5.32 Å². The number of hydrogen-bond donors (Lipinski definition) is 1. The molecule has 2 nitrogen and oxygen atoms in total. The van der Waals surface area contributed by atoms with Crippen molar-refractivity contribution in [3.63, 3.8) is 0 Å². The molecule has 19 heavy (non-hydrogen) atoms. The molecule has 0 radical (unpaired) electrons. The van der Waals surface area contributed by atoms with Gasteiger partial charge in [0.2, 0.25) is 0 Å². The molecule has 2 rings (SSSR count). The third-order valence-corrected chi connectivity index (χ3v) is 2.58. The monoisotopic (exact) mass is 265 g/mol. The van der Waals surface area contributed by atoms with Gasteiger partial charge in [-0.3, -0.25) is 0 Å². The third kappa shape index (κ3) is 3.83. The molecule has 0 fully saturated rings. The first-order chi connectivity index (χ1) is 13.2. The molecule has 0 spiro atoms. The first kappa shape index (κ1) is 5.68. The van der Waals surface area contributed by atoms with Crippen molar-refractivity contribution >= 4 is 0 Å². The van der Waals surface area contributed by atoms with Crippen LogP contribution in [-0.4, -0.2) is 13.5 Å². The van der Waals surface area contributed by atoms with Gasteiger partial charge >= 0.3 is 0 Å². The zero-order valence-corrected chi connectivity index (χ0v) is 10.5. The second-order valence-corrected chi connectivity index (χ2v) is 3.92. The number of hydrogen-bond acceptors (Lipinski definition) is 2. The van der Waals surface area contributed by atoms with Gasteiger partial charge in [0.05, 0.1) is 6.85 Å². The summed E-state index contributed by atoms with van der Waals surface area (Å²) >= 11 is 0. The van der Waals surface area contributed by atoms with E-state index >= 15 is 0 Å². The molecule has 0 amide bonds. The topological polar surface area (TPSA) is 21.3 Å². The number of rotatable bonds is 6. The first-order valence-corrected chi connectivity index (χ1v) is 5.82. The van der Waals surface area contributed by atoms with Crippen molar-refractivity contribution in [3.05, 3.63) is 65.6 Å². The standard InChI is InChI=1S/C17H21NO/c1-14-8-6-7-11-16(14)19-17(12-13-18-2)15-9-4-3-5-10-15/h3-11,17-18H,12-13H2,1-2H3/i2D3,3D,4D,5D,9D,10D,13D2. The molecule has 0 saturated heterocycles. The molecular formula is C17H21NO. The van der Waals surface area contributed by atoms with E-state index < -0.39 is 56.2 Å². The number of aryl methyl sites for hydroxylation is 1. The van der Waals surface area contributed by atoms with Gasteiger partial charge in [-0.15, -0.1) is 0 Å². The number of benzene rings is 2. The Bertz CT molecular complexity index is 868. The van der Waals surface area contributed by atoms with E-state index in [9.17, 15) is 0 Å². The van der Waals surface area contributed by atoms with E-state index in [1.54, 1.807) is 31.2 Å². The van der Waals surface area contributed by atoms with Crippen molar-refractivity contribution < 1.29 is 18.4 Å². The second kappa shape index (κ2) is 6.95. The van der Waals surface area contributed by atoms with Crippen molar-refractivity contribution in [2.24, 2.45) is 0 Å². The maximum Gasteiger partial charge on any atom is 0.125 e. The molecule has 0 aromatic heterocycles. The quantitative estimate of drug-likeness (QED) is 0.859. The van der Waals surface area contributed by atoms with Crippen LogP contribution in [0.5, 0.6) is 5.75 Å². The molecule has 1 atom stereocenters. The van der Waals surface area contributed by atoms with Crippen LogP contribution in [0, 0.1) is 6.92 Å². The molecule has 2 heteroatoms. The van der Waals surface area contributed by atoms with E-state index in [0.717, 1.165) is 0 Å². The van der Waals surface area contributed by atoms with E-state index in [1.807, 2.05) is 5.32 Å². The largest absolute Gasteiger partial charge is 0.485 e. The van der Waals surface area contributed by atoms with Crippen molar-refractivity contribution in [1.29, 1.82) is 0 Å². The first-order valence-electron chi connectivity index (χ1n) is 10.8. The molecular weight excluding hydrogens is 234 g/mol. The Labute approximate surface area is 129 Å². The fourth-order valence-electron chi connectivity index (χ4n) is 1.61. The van der Waals surface area contributed by atoms with Crippen LogP contribution in [0.15, 0.2) is 54.5 Å². The molecule has 100 valence electrons. The van der Waals surface area contributed by atoms with Gasteiger partial charge in [0.1, 0.15) is 11.9 Å². The highest BCUT2D eigenvalue weighted by Gasteiger charge is 2.13. The summed E-state index contributed by atoms with van der Waals surface area (Å²) < 4.78 is 83.5. The molecule has 2 aromatic rings. The minimum atomic E-state index is -2.78. The van der Waals surface area contributed by atoms with Crippen LogP contribution < -0.4 is 10.1 Å². The van der Waals surface area contributed by atoms with E-state index in [4.69, 9.17) is 18.4 Å². The van der Waals surface area contributed by atoms with Crippen LogP contribution in [-0.2, 0) is 0 Å². The van der Waals surface area contributed by atoms with E-state index in [0.29, 0.717) is 11.3 Å². The lowest BCUT2D eigenvalue weighted by Gasteiger charge is -2.20. The second-order valence-electron chi connectivity index (χ2n) is 3.92. The van der Waals surface area contributed by atoms with Gasteiger partial charge in [0.25, 0.3) is 0 Å². The number of nitrogens with one attached hydrogen (secondary N) is 1. The summed E-state index contributed by atoms with van der Waals surface area (Å²) in [4.78, 5) is 0. The summed E-state index contributed by atoms with van der Waals surface area (Å²) in [6.45, 7) is -3.51. The van der Waals surface area contributed by atoms with E-state index in [-0.39, 0.29) is 5.56 Å². The Morgan fingerprint density at radius 3 is 2.84 bits per heavy atom. The Morgan fingerprint density at radius 1 is 1.32 bits per heavy atom. The van der Waals surface area contributed by atoms with Crippen LogP contribution in [0.3, 0.4) is 0 Å². The zero-order chi connectivity index (χ0) is 22.1. The third-order valence-electron chi connectivity index (χ3n) is 2.58. The summed E-state index contributed by atoms with van der Waals surface area (Å²) in [7, 11) is 0. The van der Waals surface area contributed by atoms with Crippen LogP contribution in [0.2, 0.25) is 0 Å². The Morgan fingerprint density at radius 2 is 2.11 bits per heavy atom. The average Bonchev–Trinajstić information content (AvgIpc) is 2.58. The Kier molecular flexibility index (Phi) is 2.08. The van der Waals surface area contributed by atoms with Gasteiger partial charge in [-0.05, 0) is 37.6 Å². The summed E-state index contributed by atoms with van der Waals surface area (Å²) in [5, 5.41) is 1.88. The minimum absolute atomic E-state index is 0.240. The smallest absolute Gasteiger partial charge is 0.125 e. The van der Waals surface area contributed by atoms with Gasteiger partial charge in [0, 0.05) is 13.3 Å². The Hall–Kier alpha value is -1.80. The molecule has 1 N–H and O–H groups in total. The highest BCUT2D eigenvalue weighted by molar-refractivity contribution is 5.33. The maximum atomic E-state index is 8.17. The minimum Gasteiger partial charge on any atom is -0.485 e. The van der Waals surface area contributed by atoms with E-state index in [2.05, 4.69) is 0 Å². The highest BCUT2D eigenvalue weighted by Crippen LogP contribution is 2.26. The van der Waals surface area contributed by atoms with Gasteiger partial charge < -0.3 is 10.1 Å². The maximum absolute atomic E-state index is 8.17. The van der Waals surface area contributed by atoms with Gasteiger partial charge in [-0.25, -0.2) is 0 Å². The normalized spacial score (nSPS) is 21.1. The molecule has 2 aromatic carbocycles. The molecule has 0 aliphatic carbocycles. The number of para-hydroxylation sites is 1. The predicted octanol–water partition coefficient (Wildman–Crippen LogP) is 3.72. The van der Waals surface area contributed by atoms with Gasteiger partial charge in [0.15, 0.2) is 0 Å². The fraction of sp³-hybridized carbons (Fsp3) is 0.294. The molecule has 0 aliphatic heterocycles. The molecule has 0 bridgehead atoms. The highest BCUT2D eigenvalue weighted by atomic mass is 16.5. The van der Waals surface area contributed by atoms with Crippen LogP contribution in [0.25, 0.3) is 0 Å². The van der Waals surface area contributed by atoms with Crippen LogP contribution >= 0.6 is 0 Å². The summed E-state index contributed by atoms with van der Waals surface area (Å²) in [5.41, 5.74) is 0.449. The fourth-order valence-corrected chi connectivity index (χ4v) is 1.61. The predicted molar refractivity (Wildman–Crippen MR) is 79.5 cm³/mol.